The summed E-state index contributed by atoms with van der Waals surface area (Å²) in [6, 6.07) is 7.24. The summed E-state index contributed by atoms with van der Waals surface area (Å²) in [5, 5.41) is 9.00. The Morgan fingerprint density at radius 1 is 1.22 bits per heavy atom. The highest BCUT2D eigenvalue weighted by atomic mass is 32.2. The van der Waals surface area contributed by atoms with Gasteiger partial charge in [0.2, 0.25) is 0 Å². The Bertz CT molecular complexity index is 591. The van der Waals surface area contributed by atoms with Gasteiger partial charge >= 0.3 is 0 Å². The zero-order valence-electron chi connectivity index (χ0n) is 14.4. The van der Waals surface area contributed by atoms with Crippen LogP contribution in [0.15, 0.2) is 24.3 Å². The molecule has 0 aliphatic rings. The molecule has 6 heteroatoms. The summed E-state index contributed by atoms with van der Waals surface area (Å²) in [6.45, 7) is 9.72. The molecule has 1 aromatic rings. The van der Waals surface area contributed by atoms with Crippen molar-refractivity contribution in [3.8, 4) is 6.07 Å². The van der Waals surface area contributed by atoms with Crippen molar-refractivity contribution in [1.29, 1.82) is 5.26 Å². The predicted octanol–water partition coefficient (Wildman–Crippen LogP) is 4.44. The SMILES string of the molecule is C[C@@H](N[S+]([O-])C(C)(C)C)c1cccc(C(F)(F)C(C)(C)C#N)c1. The highest BCUT2D eigenvalue weighted by molar-refractivity contribution is 7.90. The van der Waals surface area contributed by atoms with Crippen molar-refractivity contribution in [1.82, 2.24) is 4.72 Å². The van der Waals surface area contributed by atoms with E-state index in [1.165, 1.54) is 32.0 Å². The molecule has 0 aromatic heterocycles. The molecule has 0 saturated carbocycles. The van der Waals surface area contributed by atoms with Crippen LogP contribution in [0.1, 0.15) is 58.7 Å². The molecule has 3 nitrogen and oxygen atoms in total. The Morgan fingerprint density at radius 3 is 2.26 bits per heavy atom. The molecule has 0 radical (unpaired) electrons. The monoisotopic (exact) mass is 342 g/mol. The van der Waals surface area contributed by atoms with Crippen LogP contribution in [0.4, 0.5) is 8.78 Å². The molecule has 1 rings (SSSR count). The molecule has 0 amide bonds. The molecular weight excluding hydrogens is 318 g/mol. The van der Waals surface area contributed by atoms with Crippen LogP contribution in [-0.2, 0) is 17.3 Å². The van der Waals surface area contributed by atoms with E-state index in [1.54, 1.807) is 19.1 Å². The van der Waals surface area contributed by atoms with Crippen LogP contribution in [-0.4, -0.2) is 9.30 Å². The van der Waals surface area contributed by atoms with Crippen LogP contribution in [0.2, 0.25) is 0 Å². The van der Waals surface area contributed by atoms with Crippen molar-refractivity contribution in [2.45, 2.75) is 58.3 Å². The second-order valence-electron chi connectivity index (χ2n) is 7.16. The van der Waals surface area contributed by atoms with Crippen LogP contribution < -0.4 is 4.72 Å². The van der Waals surface area contributed by atoms with Gasteiger partial charge < -0.3 is 4.55 Å². The molecular formula is C17H24F2N2OS. The predicted molar refractivity (Wildman–Crippen MR) is 89.2 cm³/mol. The van der Waals surface area contributed by atoms with E-state index in [2.05, 4.69) is 4.72 Å². The van der Waals surface area contributed by atoms with E-state index >= 15 is 0 Å². The molecule has 0 aliphatic carbocycles. The molecule has 2 atom stereocenters. The summed E-state index contributed by atoms with van der Waals surface area (Å²) in [4.78, 5) is 0. The van der Waals surface area contributed by atoms with Crippen LogP contribution in [0.5, 0.6) is 0 Å². The lowest BCUT2D eigenvalue weighted by molar-refractivity contribution is -0.0854. The van der Waals surface area contributed by atoms with E-state index in [4.69, 9.17) is 5.26 Å². The van der Waals surface area contributed by atoms with Gasteiger partial charge in [-0.3, -0.25) is 0 Å². The van der Waals surface area contributed by atoms with Gasteiger partial charge in [-0.15, -0.1) is 4.72 Å². The van der Waals surface area contributed by atoms with E-state index in [9.17, 15) is 13.3 Å². The lowest BCUT2D eigenvalue weighted by Crippen LogP contribution is -2.40. The maximum atomic E-state index is 14.5. The summed E-state index contributed by atoms with van der Waals surface area (Å²) >= 11 is -1.30. The Morgan fingerprint density at radius 2 is 1.78 bits per heavy atom. The first-order valence-electron chi connectivity index (χ1n) is 7.40. The van der Waals surface area contributed by atoms with Crippen molar-refractivity contribution in [3.63, 3.8) is 0 Å². The number of nitriles is 1. The summed E-state index contributed by atoms with van der Waals surface area (Å²) in [7, 11) is 0. The fourth-order valence-electron chi connectivity index (χ4n) is 1.84. The van der Waals surface area contributed by atoms with Crippen molar-refractivity contribution in [2.24, 2.45) is 5.41 Å². The minimum atomic E-state index is -3.28. The molecule has 23 heavy (non-hydrogen) atoms. The summed E-state index contributed by atoms with van der Waals surface area (Å²) in [5.41, 5.74) is -1.42. The number of nitrogens with one attached hydrogen (secondary N) is 1. The van der Waals surface area contributed by atoms with Gasteiger partial charge in [-0.05, 0) is 53.2 Å². The third-order valence-electron chi connectivity index (χ3n) is 3.65. The molecule has 0 spiro atoms. The topological polar surface area (TPSA) is 58.9 Å². The van der Waals surface area contributed by atoms with Gasteiger partial charge in [0.25, 0.3) is 5.92 Å². The van der Waals surface area contributed by atoms with Gasteiger partial charge in [0.05, 0.1) is 12.1 Å². The van der Waals surface area contributed by atoms with E-state index in [-0.39, 0.29) is 11.6 Å². The number of nitrogens with zero attached hydrogens (tertiary/aromatic N) is 1. The van der Waals surface area contributed by atoms with Crippen LogP contribution in [0.25, 0.3) is 0 Å². The van der Waals surface area contributed by atoms with E-state index < -0.39 is 27.4 Å². The van der Waals surface area contributed by atoms with Gasteiger partial charge in [-0.1, -0.05) is 18.2 Å². The Labute approximate surface area is 140 Å². The number of halogens is 2. The first-order chi connectivity index (χ1) is 10.3. The third kappa shape index (κ3) is 4.43. The largest absolute Gasteiger partial charge is 0.598 e. The second-order valence-corrected chi connectivity index (χ2v) is 9.16. The molecule has 1 aromatic carbocycles. The normalized spacial score (nSPS) is 15.8. The van der Waals surface area contributed by atoms with Crippen molar-refractivity contribution in [2.75, 3.05) is 0 Å². The Balaban J connectivity index is 3.09. The average molecular weight is 342 g/mol. The summed E-state index contributed by atoms with van der Waals surface area (Å²) < 4.78 is 43.7. The average Bonchev–Trinajstić information content (AvgIpc) is 2.46. The van der Waals surface area contributed by atoms with Gasteiger partial charge in [0.15, 0.2) is 0 Å². The maximum Gasteiger partial charge on any atom is 0.291 e. The van der Waals surface area contributed by atoms with Crippen molar-refractivity contribution in [3.05, 3.63) is 35.4 Å². The maximum absolute atomic E-state index is 14.5. The lowest BCUT2D eigenvalue weighted by Gasteiger charge is -2.29. The van der Waals surface area contributed by atoms with Gasteiger partial charge in [0.1, 0.15) is 10.2 Å². The van der Waals surface area contributed by atoms with Crippen LogP contribution in [0, 0.1) is 16.7 Å². The zero-order valence-corrected chi connectivity index (χ0v) is 15.2. The van der Waals surface area contributed by atoms with Gasteiger partial charge in [-0.25, -0.2) is 0 Å². The number of hydrogen-bond donors (Lipinski definition) is 1. The van der Waals surface area contributed by atoms with E-state index in [1.807, 2.05) is 20.8 Å². The Kier molecular flexibility index (Phi) is 5.84. The van der Waals surface area contributed by atoms with Crippen molar-refractivity contribution < 1.29 is 13.3 Å². The van der Waals surface area contributed by atoms with Gasteiger partial charge in [-0.2, -0.15) is 14.0 Å². The summed E-state index contributed by atoms with van der Waals surface area (Å²) in [6.07, 6.45) is 0. The molecule has 0 fully saturated rings. The first kappa shape index (κ1) is 19.9. The minimum Gasteiger partial charge on any atom is -0.598 e. The number of hydrogen-bond acceptors (Lipinski definition) is 3. The lowest BCUT2D eigenvalue weighted by atomic mass is 9.82. The zero-order chi connectivity index (χ0) is 18.1. The van der Waals surface area contributed by atoms with Gasteiger partial charge in [0, 0.05) is 16.9 Å². The molecule has 0 saturated heterocycles. The van der Waals surface area contributed by atoms with Crippen molar-refractivity contribution >= 4 is 11.4 Å². The Hall–Kier alpha value is -1.16. The smallest absolute Gasteiger partial charge is 0.291 e. The highest BCUT2D eigenvalue weighted by Crippen LogP contribution is 2.44. The van der Waals surface area contributed by atoms with E-state index in [0.717, 1.165) is 0 Å². The molecule has 128 valence electrons. The first-order valence-corrected chi connectivity index (χ1v) is 8.55. The minimum absolute atomic E-state index is 0.211. The molecule has 1 N–H and O–H groups in total. The molecule has 0 aliphatic heterocycles. The molecule has 0 heterocycles. The molecule has 0 bridgehead atoms. The van der Waals surface area contributed by atoms with Crippen LogP contribution >= 0.6 is 0 Å². The standard InChI is InChI=1S/C17H24F2N2OS/c1-12(21-23(22)15(2,3)4)13-8-7-9-14(10-13)17(18,19)16(5,6)11-20/h7-10,12,21H,1-6H3/t12-,23?/m1/s1. The van der Waals surface area contributed by atoms with Crippen LogP contribution in [0.3, 0.4) is 0 Å². The number of rotatable bonds is 5. The van der Waals surface area contributed by atoms with E-state index in [0.29, 0.717) is 5.56 Å². The quantitative estimate of drug-likeness (QED) is 0.805. The third-order valence-corrected chi connectivity index (χ3v) is 5.33. The fourth-order valence-corrected chi connectivity index (χ4v) is 2.65. The number of alkyl halides is 2. The summed E-state index contributed by atoms with van der Waals surface area (Å²) in [5.74, 6) is -3.28. The second kappa shape index (κ2) is 6.76. The number of benzene rings is 1. The highest BCUT2D eigenvalue weighted by Gasteiger charge is 2.48. The fraction of sp³-hybridized carbons (Fsp3) is 0.588. The molecule has 1 unspecified atom stereocenters.